The van der Waals surface area contributed by atoms with Crippen molar-refractivity contribution < 1.29 is 9.53 Å². The monoisotopic (exact) mass is 484 g/mol. The number of carbonyl (C=O) groups excluding carboxylic acids is 1. The highest BCUT2D eigenvalue weighted by atomic mass is 32.2. The fourth-order valence-corrected chi connectivity index (χ4v) is 4.71. The van der Waals surface area contributed by atoms with Crippen LogP contribution in [-0.4, -0.2) is 17.2 Å². The lowest BCUT2D eigenvalue weighted by atomic mass is 10.1. The van der Waals surface area contributed by atoms with Crippen molar-refractivity contribution in [2.75, 3.05) is 4.90 Å². The van der Waals surface area contributed by atoms with Crippen LogP contribution < -0.4 is 9.64 Å². The van der Waals surface area contributed by atoms with Crippen molar-refractivity contribution in [3.05, 3.63) is 94.4 Å². The molecule has 1 saturated heterocycles. The maximum absolute atomic E-state index is 13.7. The van der Waals surface area contributed by atoms with E-state index in [2.05, 4.69) is 52.0 Å². The minimum atomic E-state index is -0.0819. The van der Waals surface area contributed by atoms with Crippen LogP contribution in [0.25, 0.3) is 6.08 Å². The number of hydrogen-bond donors (Lipinski definition) is 0. The molecule has 1 fully saturated rings. The number of benzene rings is 3. The summed E-state index contributed by atoms with van der Waals surface area (Å²) in [7, 11) is 0. The van der Waals surface area contributed by atoms with Gasteiger partial charge in [-0.1, -0.05) is 63.2 Å². The van der Waals surface area contributed by atoms with E-state index in [9.17, 15) is 4.79 Å². The summed E-state index contributed by atoms with van der Waals surface area (Å²) in [5.41, 5.74) is 5.02. The summed E-state index contributed by atoms with van der Waals surface area (Å²) in [6.07, 6.45) is 4.85. The second-order valence-corrected chi connectivity index (χ2v) is 9.57. The third kappa shape index (κ3) is 5.85. The van der Waals surface area contributed by atoms with E-state index in [0.717, 1.165) is 42.0 Å². The minimum absolute atomic E-state index is 0.0819. The van der Waals surface area contributed by atoms with Crippen LogP contribution in [0.5, 0.6) is 5.75 Å². The quantitative estimate of drug-likeness (QED) is 0.306. The molecule has 4 nitrogen and oxygen atoms in total. The molecule has 5 heteroatoms. The third-order valence-corrected chi connectivity index (χ3v) is 7.06. The molecular formula is C30H32N2O2S. The molecule has 1 aliphatic rings. The van der Waals surface area contributed by atoms with Gasteiger partial charge in [0.1, 0.15) is 5.75 Å². The van der Waals surface area contributed by atoms with Gasteiger partial charge in [0.2, 0.25) is 0 Å². The summed E-state index contributed by atoms with van der Waals surface area (Å²) in [4.78, 5) is 20.9. The first-order chi connectivity index (χ1) is 17.0. The van der Waals surface area contributed by atoms with Gasteiger partial charge in [-0.3, -0.25) is 9.69 Å². The Kier molecular flexibility index (Phi) is 8.09. The van der Waals surface area contributed by atoms with Gasteiger partial charge in [0.15, 0.2) is 5.17 Å². The molecule has 4 rings (SSSR count). The Morgan fingerprint density at radius 1 is 0.914 bits per heavy atom. The summed E-state index contributed by atoms with van der Waals surface area (Å²) < 4.78 is 6.11. The largest absolute Gasteiger partial charge is 0.490 e. The maximum Gasteiger partial charge on any atom is 0.271 e. The Bertz CT molecular complexity index is 1230. The molecule has 180 valence electrons. The van der Waals surface area contributed by atoms with Gasteiger partial charge in [0.05, 0.1) is 22.4 Å². The van der Waals surface area contributed by atoms with Gasteiger partial charge in [0, 0.05) is 5.56 Å². The highest BCUT2D eigenvalue weighted by molar-refractivity contribution is 8.19. The Morgan fingerprint density at radius 3 is 2.17 bits per heavy atom. The first-order valence-corrected chi connectivity index (χ1v) is 13.1. The molecule has 0 aromatic heterocycles. The van der Waals surface area contributed by atoms with E-state index in [1.165, 1.54) is 22.9 Å². The third-order valence-electron chi connectivity index (χ3n) is 6.09. The maximum atomic E-state index is 13.7. The minimum Gasteiger partial charge on any atom is -0.490 e. The van der Waals surface area contributed by atoms with E-state index in [-0.39, 0.29) is 12.0 Å². The van der Waals surface area contributed by atoms with Crippen LogP contribution >= 0.6 is 11.8 Å². The fourth-order valence-electron chi connectivity index (χ4n) is 3.72. The molecule has 0 N–H and O–H groups in total. The van der Waals surface area contributed by atoms with Gasteiger partial charge < -0.3 is 4.74 Å². The highest BCUT2D eigenvalue weighted by Gasteiger charge is 2.35. The predicted octanol–water partition coefficient (Wildman–Crippen LogP) is 7.80. The summed E-state index contributed by atoms with van der Waals surface area (Å²) in [6.45, 7) is 8.40. The number of thioether (sulfide) groups is 1. The number of hydrogen-bond acceptors (Lipinski definition) is 4. The second kappa shape index (κ2) is 11.4. The number of ether oxygens (including phenoxy) is 1. The Labute approximate surface area is 212 Å². The van der Waals surface area contributed by atoms with Crippen molar-refractivity contribution in [2.24, 2.45) is 4.99 Å². The van der Waals surface area contributed by atoms with Crippen LogP contribution in [0, 0.1) is 0 Å². The van der Waals surface area contributed by atoms with Gasteiger partial charge >= 0.3 is 0 Å². The summed E-state index contributed by atoms with van der Waals surface area (Å²) in [5, 5.41) is 0.648. The lowest BCUT2D eigenvalue weighted by Gasteiger charge is -2.16. The molecular weight excluding hydrogens is 452 g/mol. The molecule has 1 aliphatic heterocycles. The number of rotatable bonds is 8. The van der Waals surface area contributed by atoms with Gasteiger partial charge in [-0.15, -0.1) is 0 Å². The summed E-state index contributed by atoms with van der Waals surface area (Å²) in [6, 6.07) is 24.2. The number of anilines is 1. The smallest absolute Gasteiger partial charge is 0.271 e. The predicted molar refractivity (Wildman–Crippen MR) is 149 cm³/mol. The van der Waals surface area contributed by atoms with Crippen molar-refractivity contribution in [3.63, 3.8) is 0 Å². The molecule has 0 bridgehead atoms. The van der Waals surface area contributed by atoms with Crippen LogP contribution in [0.4, 0.5) is 11.4 Å². The lowest BCUT2D eigenvalue weighted by molar-refractivity contribution is -0.113. The zero-order valence-corrected chi connectivity index (χ0v) is 21.6. The first-order valence-electron chi connectivity index (χ1n) is 12.3. The molecule has 1 atom stereocenters. The number of nitrogens with zero attached hydrogens (tertiary/aromatic N) is 2. The Hall–Kier alpha value is -3.31. The highest BCUT2D eigenvalue weighted by Crippen LogP contribution is 2.38. The average Bonchev–Trinajstić information content (AvgIpc) is 3.19. The Balaban J connectivity index is 1.74. The van der Waals surface area contributed by atoms with Crippen molar-refractivity contribution in [2.45, 2.75) is 53.1 Å². The van der Waals surface area contributed by atoms with E-state index in [4.69, 9.17) is 9.73 Å². The second-order valence-electron chi connectivity index (χ2n) is 8.56. The van der Waals surface area contributed by atoms with E-state index in [1.807, 2.05) is 54.6 Å². The number of para-hydroxylation sites is 1. The normalized spacial score (nSPS) is 16.8. The molecule has 0 saturated carbocycles. The fraction of sp³-hybridized carbons (Fsp3) is 0.267. The zero-order valence-electron chi connectivity index (χ0n) is 20.8. The molecule has 1 amide bonds. The number of carbonyl (C=O) groups is 1. The SMILES string of the molecule is CCc1ccc(N=C2S/C(=C\c3ccccc3O[C@H](C)CC)C(=O)N2c2ccc(CC)cc2)cc1. The first kappa shape index (κ1) is 24.8. The van der Waals surface area contributed by atoms with E-state index in [0.29, 0.717) is 10.1 Å². The van der Waals surface area contributed by atoms with Crippen LogP contribution in [-0.2, 0) is 17.6 Å². The molecule has 0 radical (unpaired) electrons. The molecule has 0 unspecified atom stereocenters. The lowest BCUT2D eigenvalue weighted by Crippen LogP contribution is -2.28. The standard InChI is InChI=1S/C30H32N2O2S/c1-5-21(4)34-27-11-9-8-10-24(27)20-28-29(33)32(26-18-14-23(7-3)15-19-26)30(35-28)31-25-16-12-22(6-2)13-17-25/h8-21H,5-7H2,1-4H3/b28-20-,31-30?/t21-/m1/s1. The van der Waals surface area contributed by atoms with Crippen LogP contribution in [0.2, 0.25) is 0 Å². The van der Waals surface area contributed by atoms with Crippen molar-refractivity contribution in [1.29, 1.82) is 0 Å². The van der Waals surface area contributed by atoms with Crippen molar-refractivity contribution in [1.82, 2.24) is 0 Å². The van der Waals surface area contributed by atoms with Crippen molar-refractivity contribution in [3.8, 4) is 5.75 Å². The van der Waals surface area contributed by atoms with Crippen LogP contribution in [0.3, 0.4) is 0 Å². The molecule has 3 aromatic carbocycles. The summed E-state index contributed by atoms with van der Waals surface area (Å²) in [5.74, 6) is 0.698. The van der Waals surface area contributed by atoms with Crippen LogP contribution in [0.15, 0.2) is 82.7 Å². The van der Waals surface area contributed by atoms with Crippen LogP contribution in [0.1, 0.15) is 50.8 Å². The van der Waals surface area contributed by atoms with E-state index < -0.39 is 0 Å². The van der Waals surface area contributed by atoms with Crippen molar-refractivity contribution >= 4 is 40.3 Å². The molecule has 0 spiro atoms. The average molecular weight is 485 g/mol. The number of amidine groups is 1. The van der Waals surface area contributed by atoms with Gasteiger partial charge in [-0.05, 0) is 85.5 Å². The summed E-state index contributed by atoms with van der Waals surface area (Å²) >= 11 is 1.40. The molecule has 35 heavy (non-hydrogen) atoms. The Morgan fingerprint density at radius 2 is 1.54 bits per heavy atom. The molecule has 3 aromatic rings. The number of aryl methyl sites for hydroxylation is 2. The zero-order chi connectivity index (χ0) is 24.8. The number of amides is 1. The topological polar surface area (TPSA) is 41.9 Å². The van der Waals surface area contributed by atoms with Gasteiger partial charge in [0.25, 0.3) is 5.91 Å². The number of aliphatic imine (C=N–C) groups is 1. The van der Waals surface area contributed by atoms with E-state index >= 15 is 0 Å². The molecule has 0 aliphatic carbocycles. The van der Waals surface area contributed by atoms with Gasteiger partial charge in [-0.25, -0.2) is 4.99 Å². The van der Waals surface area contributed by atoms with Gasteiger partial charge in [-0.2, -0.15) is 0 Å². The van der Waals surface area contributed by atoms with E-state index in [1.54, 1.807) is 4.90 Å². The molecule has 1 heterocycles.